The van der Waals surface area contributed by atoms with Gasteiger partial charge in [0.2, 0.25) is 0 Å². The Kier molecular flexibility index (Phi) is 7.54. The number of thiazole rings is 1. The number of nitrogen functional groups attached to an aromatic ring is 1. The van der Waals surface area contributed by atoms with Crippen LogP contribution in [0, 0.1) is 52.3 Å². The summed E-state index contributed by atoms with van der Waals surface area (Å²) in [6, 6.07) is 0. The highest BCUT2D eigenvalue weighted by molar-refractivity contribution is 7.15. The zero-order chi connectivity index (χ0) is 24.0. The Hall–Kier alpha value is -0.650. The Morgan fingerprint density at radius 1 is 1.09 bits per heavy atom. The maximum absolute atomic E-state index is 10.4. The molecule has 0 aliphatic heterocycles. The van der Waals surface area contributed by atoms with Crippen molar-refractivity contribution in [3.05, 3.63) is 10.6 Å². The Bertz CT molecular complexity index is 809. The molecule has 33 heavy (non-hydrogen) atoms. The summed E-state index contributed by atoms with van der Waals surface area (Å²) < 4.78 is 0. The number of aliphatic hydroxyl groups is 1. The first-order valence-electron chi connectivity index (χ1n) is 13.7. The fraction of sp³-hybridized carbons (Fsp3) is 0.893. The summed E-state index contributed by atoms with van der Waals surface area (Å²) in [7, 11) is 0. The molecule has 0 aromatic carbocycles. The van der Waals surface area contributed by atoms with Gasteiger partial charge in [-0.05, 0) is 97.3 Å². The van der Waals surface area contributed by atoms with Crippen LogP contribution in [-0.4, -0.2) is 23.2 Å². The average molecular weight is 476 g/mol. The number of hydrogen-bond acceptors (Lipinski definition) is 5. The molecule has 1 aromatic rings. The quantitative estimate of drug-likeness (QED) is 0.436. The highest BCUT2D eigenvalue weighted by Crippen LogP contribution is 2.64. The van der Waals surface area contributed by atoms with Gasteiger partial charge in [0.1, 0.15) is 0 Å². The molecule has 1 heterocycles. The third-order valence-corrected chi connectivity index (χ3v) is 11.6. The first-order valence-corrected chi connectivity index (χ1v) is 14.5. The molecule has 1 unspecified atom stereocenters. The molecule has 0 spiro atoms. The van der Waals surface area contributed by atoms with Crippen LogP contribution in [0.2, 0.25) is 0 Å². The van der Waals surface area contributed by atoms with Crippen LogP contribution in [0.4, 0.5) is 5.13 Å². The topological polar surface area (TPSA) is 85.2 Å². The monoisotopic (exact) mass is 475 g/mol. The number of anilines is 1. The lowest BCUT2D eigenvalue weighted by Crippen LogP contribution is -2.54. The molecule has 0 amide bonds. The van der Waals surface area contributed by atoms with Crippen LogP contribution in [0.3, 0.4) is 0 Å². The SMILES string of the molecule is CC(C)CCCC(C)[C@H]1CC[C@H]2[C@H](CN)[C@@H]([C@@]3(C)Cc4sc(N)nc4C[C@@H]3CO)CC[C@]12C. The van der Waals surface area contributed by atoms with Crippen LogP contribution < -0.4 is 11.5 Å². The van der Waals surface area contributed by atoms with E-state index >= 15 is 0 Å². The van der Waals surface area contributed by atoms with Crippen molar-refractivity contribution in [2.45, 2.75) is 92.4 Å². The first-order chi connectivity index (χ1) is 15.6. The van der Waals surface area contributed by atoms with Gasteiger partial charge in [0, 0.05) is 11.5 Å². The van der Waals surface area contributed by atoms with Crippen molar-refractivity contribution in [2.75, 3.05) is 18.9 Å². The second-order valence-electron chi connectivity index (χ2n) is 12.8. The summed E-state index contributed by atoms with van der Waals surface area (Å²) in [5.41, 5.74) is 14.3. The number of fused-ring (bicyclic) bond motifs is 2. The summed E-state index contributed by atoms with van der Waals surface area (Å²) >= 11 is 1.66. The average Bonchev–Trinajstić information content (AvgIpc) is 3.29. The van der Waals surface area contributed by atoms with E-state index in [4.69, 9.17) is 11.5 Å². The third kappa shape index (κ3) is 4.51. The van der Waals surface area contributed by atoms with E-state index in [1.807, 2.05) is 0 Å². The zero-order valence-electron chi connectivity index (χ0n) is 21.8. The minimum Gasteiger partial charge on any atom is -0.396 e. The molecule has 1 aromatic heterocycles. The van der Waals surface area contributed by atoms with E-state index in [2.05, 4.69) is 39.6 Å². The van der Waals surface area contributed by atoms with Crippen molar-refractivity contribution in [3.63, 3.8) is 0 Å². The number of hydrogen-bond donors (Lipinski definition) is 3. The van der Waals surface area contributed by atoms with Gasteiger partial charge in [0.25, 0.3) is 0 Å². The Labute approximate surface area is 206 Å². The number of nitrogens with two attached hydrogens (primary N) is 2. The highest BCUT2D eigenvalue weighted by Gasteiger charge is 2.58. The molecule has 2 saturated carbocycles. The fourth-order valence-electron chi connectivity index (χ4n) is 8.82. The van der Waals surface area contributed by atoms with Gasteiger partial charge in [0.15, 0.2) is 5.13 Å². The Morgan fingerprint density at radius 3 is 2.48 bits per heavy atom. The number of nitrogens with zero attached hydrogens (tertiary/aromatic N) is 1. The van der Waals surface area contributed by atoms with Gasteiger partial charge in [-0.15, -0.1) is 11.3 Å². The van der Waals surface area contributed by atoms with E-state index in [0.29, 0.717) is 22.4 Å². The van der Waals surface area contributed by atoms with Crippen molar-refractivity contribution in [2.24, 2.45) is 58.0 Å². The largest absolute Gasteiger partial charge is 0.396 e. The molecule has 188 valence electrons. The predicted molar refractivity (Wildman–Crippen MR) is 140 cm³/mol. The van der Waals surface area contributed by atoms with Gasteiger partial charge in [-0.1, -0.05) is 53.9 Å². The van der Waals surface area contributed by atoms with Crippen LogP contribution in [0.5, 0.6) is 0 Å². The molecular weight excluding hydrogens is 426 g/mol. The van der Waals surface area contributed by atoms with Crippen LogP contribution in [-0.2, 0) is 12.8 Å². The summed E-state index contributed by atoms with van der Waals surface area (Å²) in [6.45, 7) is 13.3. The van der Waals surface area contributed by atoms with E-state index in [9.17, 15) is 5.11 Å². The smallest absolute Gasteiger partial charge is 0.180 e. The molecule has 4 nitrogen and oxygen atoms in total. The number of aromatic nitrogens is 1. The normalized spacial score (nSPS) is 39.5. The fourth-order valence-corrected chi connectivity index (χ4v) is 9.86. The minimum atomic E-state index is 0.0764. The van der Waals surface area contributed by atoms with Gasteiger partial charge >= 0.3 is 0 Å². The highest BCUT2D eigenvalue weighted by atomic mass is 32.1. The summed E-state index contributed by atoms with van der Waals surface area (Å²) in [4.78, 5) is 5.94. The minimum absolute atomic E-state index is 0.0764. The van der Waals surface area contributed by atoms with E-state index in [1.165, 1.54) is 49.8 Å². The van der Waals surface area contributed by atoms with E-state index in [0.717, 1.165) is 48.8 Å². The van der Waals surface area contributed by atoms with Crippen LogP contribution in [0.25, 0.3) is 0 Å². The lowest BCUT2D eigenvalue weighted by atomic mass is 9.48. The second-order valence-corrected chi connectivity index (χ2v) is 13.9. The molecule has 5 N–H and O–H groups in total. The Balaban J connectivity index is 1.54. The van der Waals surface area contributed by atoms with Crippen molar-refractivity contribution in [1.29, 1.82) is 0 Å². The van der Waals surface area contributed by atoms with Crippen LogP contribution in [0.15, 0.2) is 0 Å². The predicted octanol–water partition coefficient (Wildman–Crippen LogP) is 5.92. The van der Waals surface area contributed by atoms with Crippen molar-refractivity contribution in [1.82, 2.24) is 4.98 Å². The standard InChI is InChI=1S/C28H49N3OS/c1-17(2)7-6-8-18(3)21-9-10-22-20(15-29)23(11-12-27(21,22)4)28(5)14-25-24(13-19(28)16-32)31-26(30)33-25/h17-23,32H,6-16,29H2,1-5H3,(H2,30,31)/t18?,19-,20+,21-,22+,23+,27-,28+/m1/s1. The van der Waals surface area contributed by atoms with Gasteiger partial charge in [-0.25, -0.2) is 4.98 Å². The Morgan fingerprint density at radius 2 is 1.82 bits per heavy atom. The molecule has 4 rings (SSSR count). The van der Waals surface area contributed by atoms with Gasteiger partial charge < -0.3 is 16.6 Å². The van der Waals surface area contributed by atoms with Crippen LogP contribution >= 0.6 is 11.3 Å². The molecule has 0 radical (unpaired) electrons. The maximum atomic E-state index is 10.4. The molecule has 3 aliphatic carbocycles. The lowest BCUT2D eigenvalue weighted by Gasteiger charge is -2.57. The van der Waals surface area contributed by atoms with Crippen molar-refractivity contribution < 1.29 is 5.11 Å². The number of rotatable bonds is 8. The summed E-state index contributed by atoms with van der Waals surface area (Å²) in [6.07, 6.45) is 11.3. The zero-order valence-corrected chi connectivity index (χ0v) is 22.6. The van der Waals surface area contributed by atoms with E-state index in [1.54, 1.807) is 11.3 Å². The molecule has 5 heteroatoms. The molecule has 8 atom stereocenters. The van der Waals surface area contributed by atoms with Gasteiger partial charge in [-0.2, -0.15) is 0 Å². The summed E-state index contributed by atoms with van der Waals surface area (Å²) in [5, 5.41) is 11.1. The first kappa shape index (κ1) is 25.4. The van der Waals surface area contributed by atoms with E-state index < -0.39 is 0 Å². The molecule has 2 fully saturated rings. The van der Waals surface area contributed by atoms with Crippen molar-refractivity contribution in [3.8, 4) is 0 Å². The molecule has 0 bridgehead atoms. The molecular formula is C28H49N3OS. The maximum Gasteiger partial charge on any atom is 0.180 e. The van der Waals surface area contributed by atoms with E-state index in [-0.39, 0.29) is 17.9 Å². The second kappa shape index (κ2) is 9.78. The van der Waals surface area contributed by atoms with Gasteiger partial charge in [-0.3, -0.25) is 0 Å². The van der Waals surface area contributed by atoms with Crippen LogP contribution in [0.1, 0.15) is 90.1 Å². The summed E-state index contributed by atoms with van der Waals surface area (Å²) in [5.74, 6) is 4.57. The third-order valence-electron chi connectivity index (χ3n) is 10.7. The van der Waals surface area contributed by atoms with Gasteiger partial charge in [0.05, 0.1) is 5.69 Å². The number of aliphatic hydroxyl groups excluding tert-OH is 1. The lowest BCUT2D eigenvalue weighted by molar-refractivity contribution is -0.0757. The van der Waals surface area contributed by atoms with Crippen molar-refractivity contribution >= 4 is 16.5 Å². The molecule has 3 aliphatic rings. The molecule has 0 saturated heterocycles.